The average Bonchev–Trinajstić information content (AvgIpc) is 1.14. The average molecular weight is 306 g/mol. The van der Waals surface area contributed by atoms with E-state index < -0.39 is 15.6 Å². The third-order valence-electron chi connectivity index (χ3n) is 0.200. The topological polar surface area (TPSA) is 166 Å². The third kappa shape index (κ3) is 45.3. The molecule has 0 spiro atoms. The van der Waals surface area contributed by atoms with Crippen molar-refractivity contribution in [2.24, 2.45) is 0 Å². The molecule has 0 unspecified atom stereocenters. The zero-order valence-electron chi connectivity index (χ0n) is 9.20. The fraction of sp³-hybridized carbons (Fsp3) is 0. The molecule has 0 bridgehead atoms. The Kier molecular flexibility index (Phi) is 54.8. The molecule has 0 aliphatic carbocycles. The Morgan fingerprint density at radius 1 is 0.667 bits per heavy atom. The van der Waals surface area contributed by atoms with Crippen molar-refractivity contribution in [3.63, 3.8) is 0 Å². The molecule has 15 heavy (non-hydrogen) atoms. The van der Waals surface area contributed by atoms with Gasteiger partial charge in [-0.05, 0) is 0 Å². The Hall–Kier alpha value is 5.22. The second kappa shape index (κ2) is 19.2. The van der Waals surface area contributed by atoms with Crippen LogP contribution in [0.15, 0.2) is 0 Å². The zero-order chi connectivity index (χ0) is 7.71. The van der Waals surface area contributed by atoms with Crippen LogP contribution in [0, 0.1) is 0 Å². The number of hydrogen-bond acceptors (Lipinski definition) is 8. The summed E-state index contributed by atoms with van der Waals surface area (Å²) in [6.07, 6.45) is 0. The Labute approximate surface area is 197 Å². The Balaban J connectivity index is -0.0000000213. The smallest absolute Gasteiger partial charge is 0.870 e. The largest absolute Gasteiger partial charge is 1.00 e. The molecule has 0 rings (SSSR count). The van der Waals surface area contributed by atoms with E-state index in [0.717, 1.165) is 0 Å². The summed E-state index contributed by atoms with van der Waals surface area (Å²) in [6.45, 7) is 0. The van der Waals surface area contributed by atoms with Gasteiger partial charge in [-0.2, -0.15) is 0 Å². The molecule has 0 radical (unpaired) electrons. The standard InChI is InChI=1S/5Na.H4O7P2.H2O/c;;;;;1-8(2,3)7-9(4,5)6;/h;;;;;(H2,1,2,3)(H2,4,5,6);1H2/q5*+1;;/p-5. The van der Waals surface area contributed by atoms with Gasteiger partial charge in [-0.25, -0.2) is 0 Å². The molecule has 15 heteroatoms. The first-order valence-electron chi connectivity index (χ1n) is 1.46. The van der Waals surface area contributed by atoms with Gasteiger partial charge in [0.05, 0.1) is 15.6 Å². The molecule has 0 amide bonds. The maximum atomic E-state index is 9.32. The first-order valence-corrected chi connectivity index (χ1v) is 4.38. The summed E-state index contributed by atoms with van der Waals surface area (Å²) in [7, 11) is -11.4. The summed E-state index contributed by atoms with van der Waals surface area (Å²) in [5, 5.41) is 0. The van der Waals surface area contributed by atoms with Gasteiger partial charge in [0.1, 0.15) is 0 Å². The SMILES string of the molecule is O=P([O-])([O-])OP(=O)([O-])[O-].[Na+].[Na+].[Na+].[Na+].[Na+].[OH-]. The molecule has 0 atom stereocenters. The van der Waals surface area contributed by atoms with Gasteiger partial charge in [0.15, 0.2) is 0 Å². The van der Waals surface area contributed by atoms with E-state index in [-0.39, 0.29) is 153 Å². The maximum Gasteiger partial charge on any atom is 1.00 e. The van der Waals surface area contributed by atoms with Gasteiger partial charge in [0.25, 0.3) is 0 Å². The van der Waals surface area contributed by atoms with E-state index in [9.17, 15) is 28.7 Å². The van der Waals surface area contributed by atoms with Crippen LogP contribution >= 0.6 is 15.6 Å². The van der Waals surface area contributed by atoms with E-state index in [1.54, 1.807) is 0 Å². The van der Waals surface area contributed by atoms with Crippen LogP contribution in [0.2, 0.25) is 0 Å². The fourth-order valence-corrected chi connectivity index (χ4v) is 1.10. The molecule has 0 saturated carbocycles. The van der Waals surface area contributed by atoms with E-state index in [2.05, 4.69) is 4.31 Å². The van der Waals surface area contributed by atoms with Crippen LogP contribution in [0.5, 0.6) is 0 Å². The van der Waals surface area contributed by atoms with Crippen LogP contribution in [0.4, 0.5) is 0 Å². The van der Waals surface area contributed by atoms with Crippen molar-refractivity contribution in [2.45, 2.75) is 0 Å². The van der Waals surface area contributed by atoms with Crippen LogP contribution in [-0.4, -0.2) is 5.48 Å². The van der Waals surface area contributed by atoms with Gasteiger partial charge in [0, 0.05) is 0 Å². The minimum Gasteiger partial charge on any atom is -0.870 e. The van der Waals surface area contributed by atoms with Gasteiger partial charge in [-0.15, -0.1) is 0 Å². The predicted octanol–water partition coefficient (Wildman–Crippen LogP) is -18.5. The molecule has 1 N–H and O–H groups in total. The van der Waals surface area contributed by atoms with Crippen molar-refractivity contribution in [3.8, 4) is 0 Å². The second-order valence-electron chi connectivity index (χ2n) is 0.976. The van der Waals surface area contributed by atoms with Crippen molar-refractivity contribution in [1.82, 2.24) is 0 Å². The van der Waals surface area contributed by atoms with Crippen LogP contribution in [0.25, 0.3) is 0 Å². The van der Waals surface area contributed by atoms with Crippen molar-refractivity contribution in [2.75, 3.05) is 0 Å². The minimum atomic E-state index is -5.68. The zero-order valence-corrected chi connectivity index (χ0v) is 21.0. The summed E-state index contributed by atoms with van der Waals surface area (Å²) >= 11 is 0. The molecule has 0 aromatic heterocycles. The molecule has 0 fully saturated rings. The van der Waals surface area contributed by atoms with Gasteiger partial charge < -0.3 is 38.5 Å². The Morgan fingerprint density at radius 2 is 0.800 bits per heavy atom. The minimum absolute atomic E-state index is 0. The number of phosphoric acid groups is 2. The van der Waals surface area contributed by atoms with E-state index in [4.69, 9.17) is 0 Å². The van der Waals surface area contributed by atoms with E-state index in [1.165, 1.54) is 0 Å². The third-order valence-corrected chi connectivity index (χ3v) is 1.80. The van der Waals surface area contributed by atoms with Crippen LogP contribution in [0.1, 0.15) is 0 Å². The van der Waals surface area contributed by atoms with Crippen molar-refractivity contribution < 1.29 is 186 Å². The molecule has 64 valence electrons. The van der Waals surface area contributed by atoms with Crippen LogP contribution in [-0.2, 0) is 13.4 Å². The first kappa shape index (κ1) is 42.7. The summed E-state index contributed by atoms with van der Waals surface area (Å²) in [6, 6.07) is 0. The summed E-state index contributed by atoms with van der Waals surface area (Å²) in [4.78, 5) is 37.3. The monoisotopic (exact) mass is 306 g/mol. The predicted molar refractivity (Wildman–Crippen MR) is 18.2 cm³/mol. The summed E-state index contributed by atoms with van der Waals surface area (Å²) < 4.78 is 21.2. The quantitative estimate of drug-likeness (QED) is 0.358. The molecular weight excluding hydrogens is 305 g/mol. The van der Waals surface area contributed by atoms with Gasteiger partial charge in [-0.3, -0.25) is 0 Å². The normalized spacial score (nSPS) is 8.27. The fourth-order valence-electron chi connectivity index (χ4n) is 0.122. The van der Waals surface area contributed by atoms with Gasteiger partial charge in [0.2, 0.25) is 0 Å². The van der Waals surface area contributed by atoms with Crippen molar-refractivity contribution in [3.05, 3.63) is 0 Å². The molecule has 0 saturated heterocycles. The Morgan fingerprint density at radius 3 is 0.800 bits per heavy atom. The molecular formula is HNa5O8P2. The summed E-state index contributed by atoms with van der Waals surface area (Å²) in [5.74, 6) is 0. The molecule has 0 aromatic rings. The number of hydrogen-bond donors (Lipinski definition) is 0. The second-order valence-corrected chi connectivity index (χ2v) is 3.42. The Bertz CT molecular complexity index is 161. The van der Waals surface area contributed by atoms with Gasteiger partial charge >= 0.3 is 148 Å². The van der Waals surface area contributed by atoms with Crippen LogP contribution < -0.4 is 167 Å². The van der Waals surface area contributed by atoms with E-state index in [1.807, 2.05) is 0 Å². The van der Waals surface area contributed by atoms with Crippen LogP contribution in [0.3, 0.4) is 0 Å². The molecule has 0 aliphatic heterocycles. The van der Waals surface area contributed by atoms with E-state index in [0.29, 0.717) is 0 Å². The van der Waals surface area contributed by atoms with E-state index >= 15 is 0 Å². The van der Waals surface area contributed by atoms with Gasteiger partial charge in [-0.1, -0.05) is 0 Å². The summed E-state index contributed by atoms with van der Waals surface area (Å²) in [5.41, 5.74) is 0. The first-order chi connectivity index (χ1) is 3.71. The number of rotatable bonds is 2. The maximum absolute atomic E-state index is 9.32. The molecule has 0 aromatic carbocycles. The van der Waals surface area contributed by atoms with Crippen molar-refractivity contribution >= 4 is 15.6 Å². The molecule has 8 nitrogen and oxygen atoms in total. The molecule has 0 heterocycles. The van der Waals surface area contributed by atoms with Crippen molar-refractivity contribution in [1.29, 1.82) is 0 Å². The molecule has 0 aliphatic rings.